The summed E-state index contributed by atoms with van der Waals surface area (Å²) in [4.78, 5) is 14.8. The minimum atomic E-state index is -0.533. The summed E-state index contributed by atoms with van der Waals surface area (Å²) in [6, 6.07) is 0.408. The molecule has 1 saturated carbocycles. The summed E-state index contributed by atoms with van der Waals surface area (Å²) >= 11 is 0. The molecule has 0 amide bonds. The van der Waals surface area contributed by atoms with Crippen molar-refractivity contribution >= 4 is 5.97 Å². The molecule has 5 heteroatoms. The molecule has 0 aromatic carbocycles. The standard InChI is InChI=1S/C15H28N2O3/c1-4-13-10-20-9-8-17(13)11-15(16-5-2,12-6-7-12)14(18)19-3/h12-13,16H,4-11H2,1-3H3. The van der Waals surface area contributed by atoms with E-state index in [-0.39, 0.29) is 5.97 Å². The highest BCUT2D eigenvalue weighted by Gasteiger charge is 2.52. The highest BCUT2D eigenvalue weighted by atomic mass is 16.5. The first kappa shape index (κ1) is 15.7. The summed E-state index contributed by atoms with van der Waals surface area (Å²) < 4.78 is 10.7. The largest absolute Gasteiger partial charge is 0.468 e. The Morgan fingerprint density at radius 3 is 2.75 bits per heavy atom. The van der Waals surface area contributed by atoms with Gasteiger partial charge in [-0.15, -0.1) is 0 Å². The van der Waals surface area contributed by atoms with E-state index in [0.29, 0.717) is 12.0 Å². The van der Waals surface area contributed by atoms with Crippen LogP contribution in [0.25, 0.3) is 0 Å². The summed E-state index contributed by atoms with van der Waals surface area (Å²) in [5.41, 5.74) is -0.533. The first-order valence-corrected chi connectivity index (χ1v) is 7.83. The predicted molar refractivity (Wildman–Crippen MR) is 77.6 cm³/mol. The lowest BCUT2D eigenvalue weighted by Gasteiger charge is -2.42. The van der Waals surface area contributed by atoms with Crippen LogP contribution in [0.4, 0.5) is 0 Å². The zero-order valence-corrected chi connectivity index (χ0v) is 13.0. The maximum Gasteiger partial charge on any atom is 0.327 e. The molecule has 2 rings (SSSR count). The van der Waals surface area contributed by atoms with Crippen molar-refractivity contribution in [3.63, 3.8) is 0 Å². The van der Waals surface area contributed by atoms with Gasteiger partial charge in [-0.05, 0) is 31.7 Å². The van der Waals surface area contributed by atoms with Gasteiger partial charge in [-0.3, -0.25) is 4.90 Å². The average Bonchev–Trinajstić information content (AvgIpc) is 3.31. The van der Waals surface area contributed by atoms with Crippen molar-refractivity contribution in [2.75, 3.05) is 40.0 Å². The van der Waals surface area contributed by atoms with Gasteiger partial charge in [0.15, 0.2) is 0 Å². The van der Waals surface area contributed by atoms with Gasteiger partial charge >= 0.3 is 5.97 Å². The molecule has 1 N–H and O–H groups in total. The second-order valence-corrected chi connectivity index (χ2v) is 5.88. The third kappa shape index (κ3) is 3.15. The van der Waals surface area contributed by atoms with E-state index < -0.39 is 5.54 Å². The van der Waals surface area contributed by atoms with Crippen LogP contribution in [0.3, 0.4) is 0 Å². The van der Waals surface area contributed by atoms with E-state index in [2.05, 4.69) is 24.1 Å². The minimum absolute atomic E-state index is 0.108. The second-order valence-electron chi connectivity index (χ2n) is 5.88. The van der Waals surface area contributed by atoms with Gasteiger partial charge < -0.3 is 14.8 Å². The molecule has 20 heavy (non-hydrogen) atoms. The number of carbonyl (C=O) groups is 1. The van der Waals surface area contributed by atoms with Crippen LogP contribution in [0.5, 0.6) is 0 Å². The van der Waals surface area contributed by atoms with Crippen LogP contribution in [0.15, 0.2) is 0 Å². The second kappa shape index (κ2) is 6.87. The van der Waals surface area contributed by atoms with Crippen LogP contribution in [-0.4, -0.2) is 62.4 Å². The third-order valence-corrected chi connectivity index (χ3v) is 4.59. The average molecular weight is 284 g/mol. The topological polar surface area (TPSA) is 50.8 Å². The van der Waals surface area contributed by atoms with Crippen molar-refractivity contribution in [2.45, 2.75) is 44.7 Å². The molecule has 1 saturated heterocycles. The van der Waals surface area contributed by atoms with Gasteiger partial charge in [0.05, 0.1) is 20.3 Å². The summed E-state index contributed by atoms with van der Waals surface area (Å²) in [7, 11) is 1.49. The Bertz CT molecular complexity index is 333. The van der Waals surface area contributed by atoms with Gasteiger partial charge in [0.2, 0.25) is 0 Å². The summed E-state index contributed by atoms with van der Waals surface area (Å²) in [5.74, 6) is 0.304. The van der Waals surface area contributed by atoms with Crippen LogP contribution >= 0.6 is 0 Å². The molecule has 116 valence electrons. The predicted octanol–water partition coefficient (Wildman–Crippen LogP) is 1.03. The molecule has 1 aliphatic heterocycles. The van der Waals surface area contributed by atoms with Crippen LogP contribution in [0, 0.1) is 5.92 Å². The van der Waals surface area contributed by atoms with E-state index in [4.69, 9.17) is 9.47 Å². The van der Waals surface area contributed by atoms with Crippen LogP contribution < -0.4 is 5.32 Å². The number of hydrogen-bond acceptors (Lipinski definition) is 5. The number of rotatable bonds is 7. The SMILES string of the molecule is CCNC(CN1CCOCC1CC)(C(=O)OC)C1CC1. The lowest BCUT2D eigenvalue weighted by molar-refractivity contribution is -0.152. The monoisotopic (exact) mass is 284 g/mol. The maximum absolute atomic E-state index is 12.4. The molecule has 1 heterocycles. The first-order chi connectivity index (χ1) is 9.67. The first-order valence-electron chi connectivity index (χ1n) is 7.83. The lowest BCUT2D eigenvalue weighted by atomic mass is 9.91. The molecule has 0 aromatic rings. The van der Waals surface area contributed by atoms with E-state index in [0.717, 1.165) is 52.1 Å². The number of nitrogens with one attached hydrogen (secondary N) is 1. The zero-order chi connectivity index (χ0) is 14.6. The molecule has 2 fully saturated rings. The normalized spacial score (nSPS) is 27.1. The van der Waals surface area contributed by atoms with E-state index in [1.165, 1.54) is 7.11 Å². The van der Waals surface area contributed by atoms with E-state index in [1.54, 1.807) is 0 Å². The molecule has 2 atom stereocenters. The molecule has 1 aliphatic carbocycles. The maximum atomic E-state index is 12.4. The highest BCUT2D eigenvalue weighted by molar-refractivity contribution is 5.82. The fourth-order valence-electron chi connectivity index (χ4n) is 3.30. The van der Waals surface area contributed by atoms with Crippen molar-refractivity contribution in [1.29, 1.82) is 0 Å². The molecule has 0 aromatic heterocycles. The summed E-state index contributed by atoms with van der Waals surface area (Å²) in [5, 5.41) is 3.44. The van der Waals surface area contributed by atoms with E-state index >= 15 is 0 Å². The number of likely N-dealkylation sites (N-methyl/N-ethyl adjacent to an activating group) is 1. The number of esters is 1. The van der Waals surface area contributed by atoms with Crippen molar-refractivity contribution in [3.05, 3.63) is 0 Å². The number of methoxy groups -OCH3 is 1. The molecule has 2 aliphatic rings. The Balaban J connectivity index is 2.15. The van der Waals surface area contributed by atoms with Gasteiger partial charge in [-0.25, -0.2) is 4.79 Å². The van der Waals surface area contributed by atoms with Crippen molar-refractivity contribution < 1.29 is 14.3 Å². The number of hydrogen-bond donors (Lipinski definition) is 1. The van der Waals surface area contributed by atoms with E-state index in [9.17, 15) is 4.79 Å². The van der Waals surface area contributed by atoms with E-state index in [1.807, 2.05) is 0 Å². The molecular formula is C15H28N2O3. The van der Waals surface area contributed by atoms with Gasteiger partial charge in [0.1, 0.15) is 5.54 Å². The molecular weight excluding hydrogens is 256 g/mol. The molecule has 0 spiro atoms. The Morgan fingerprint density at radius 2 is 2.20 bits per heavy atom. The molecule has 0 radical (unpaired) electrons. The van der Waals surface area contributed by atoms with Crippen molar-refractivity contribution in [3.8, 4) is 0 Å². The van der Waals surface area contributed by atoms with Crippen molar-refractivity contribution in [1.82, 2.24) is 10.2 Å². The molecule has 0 bridgehead atoms. The summed E-state index contributed by atoms with van der Waals surface area (Å²) in [6.45, 7) is 8.17. The fourth-order valence-corrected chi connectivity index (χ4v) is 3.30. The summed E-state index contributed by atoms with van der Waals surface area (Å²) in [6.07, 6.45) is 3.28. The number of nitrogens with zero attached hydrogens (tertiary/aromatic N) is 1. The fraction of sp³-hybridized carbons (Fsp3) is 0.933. The van der Waals surface area contributed by atoms with Crippen LogP contribution in [-0.2, 0) is 14.3 Å². The zero-order valence-electron chi connectivity index (χ0n) is 13.0. The van der Waals surface area contributed by atoms with Crippen molar-refractivity contribution in [2.24, 2.45) is 5.92 Å². The van der Waals surface area contributed by atoms with Gasteiger partial charge in [-0.2, -0.15) is 0 Å². The minimum Gasteiger partial charge on any atom is -0.468 e. The number of ether oxygens (including phenoxy) is 2. The Kier molecular flexibility index (Phi) is 5.41. The smallest absolute Gasteiger partial charge is 0.327 e. The number of carbonyl (C=O) groups excluding carboxylic acids is 1. The van der Waals surface area contributed by atoms with Gasteiger partial charge in [0.25, 0.3) is 0 Å². The quantitative estimate of drug-likeness (QED) is 0.708. The van der Waals surface area contributed by atoms with Gasteiger partial charge in [-0.1, -0.05) is 13.8 Å². The number of morpholine rings is 1. The van der Waals surface area contributed by atoms with Crippen LogP contribution in [0.2, 0.25) is 0 Å². The lowest BCUT2D eigenvalue weighted by Crippen LogP contribution is -2.63. The highest BCUT2D eigenvalue weighted by Crippen LogP contribution is 2.41. The molecule has 2 unspecified atom stereocenters. The third-order valence-electron chi connectivity index (χ3n) is 4.59. The Morgan fingerprint density at radius 1 is 1.45 bits per heavy atom. The Hall–Kier alpha value is -0.650. The molecule has 5 nitrogen and oxygen atoms in total. The van der Waals surface area contributed by atoms with Crippen LogP contribution in [0.1, 0.15) is 33.1 Å². The van der Waals surface area contributed by atoms with Gasteiger partial charge in [0, 0.05) is 19.1 Å². The Labute approximate surface area is 122 Å².